The summed E-state index contributed by atoms with van der Waals surface area (Å²) in [6.45, 7) is 5.07. The van der Waals surface area contributed by atoms with Gasteiger partial charge in [-0.2, -0.15) is 5.10 Å². The summed E-state index contributed by atoms with van der Waals surface area (Å²) in [5.41, 5.74) is 3.17. The molecule has 0 saturated carbocycles. The van der Waals surface area contributed by atoms with Crippen LogP contribution in [0.25, 0.3) is 0 Å². The molecule has 0 aliphatic heterocycles. The maximum Gasteiger partial charge on any atom is 0.161 e. The molecule has 1 N–H and O–H groups in total. The van der Waals surface area contributed by atoms with Gasteiger partial charge in [0.05, 0.1) is 19.3 Å². The molecular weight excluding hydrogens is 286 g/mol. The second kappa shape index (κ2) is 6.96. The molecule has 2 aromatic rings. The number of halogens is 1. The number of benzene rings is 1. The molecule has 0 fully saturated rings. The van der Waals surface area contributed by atoms with E-state index in [1.165, 1.54) is 0 Å². The van der Waals surface area contributed by atoms with Gasteiger partial charge in [0, 0.05) is 12.1 Å². The van der Waals surface area contributed by atoms with Gasteiger partial charge in [0.1, 0.15) is 5.69 Å². The van der Waals surface area contributed by atoms with Gasteiger partial charge in [-0.25, -0.2) is 0 Å². The Bertz CT molecular complexity index is 610. The molecule has 1 heterocycles. The topological polar surface area (TPSA) is 39.1 Å². The fraction of sp³-hybridized carbons (Fsp3) is 0.438. The van der Waals surface area contributed by atoms with Gasteiger partial charge in [0.2, 0.25) is 0 Å². The summed E-state index contributed by atoms with van der Waals surface area (Å²) in [6.07, 6.45) is 2.78. The largest absolute Gasteiger partial charge is 0.493 e. The highest BCUT2D eigenvalue weighted by molar-refractivity contribution is 6.31. The molecule has 2 rings (SSSR count). The molecule has 114 valence electrons. The summed E-state index contributed by atoms with van der Waals surface area (Å²) in [5, 5.41) is 8.59. The Morgan fingerprint density at radius 2 is 2.19 bits per heavy atom. The van der Waals surface area contributed by atoms with Crippen LogP contribution in [0.15, 0.2) is 24.4 Å². The van der Waals surface area contributed by atoms with Gasteiger partial charge in [0.25, 0.3) is 0 Å². The zero-order valence-corrected chi connectivity index (χ0v) is 13.7. The predicted molar refractivity (Wildman–Crippen MR) is 86.1 cm³/mol. The molecule has 0 bridgehead atoms. The van der Waals surface area contributed by atoms with E-state index in [2.05, 4.69) is 29.5 Å². The summed E-state index contributed by atoms with van der Waals surface area (Å²) >= 11 is 6.46. The third kappa shape index (κ3) is 3.39. The number of aromatic nitrogens is 2. The molecule has 5 heteroatoms. The maximum atomic E-state index is 6.46. The van der Waals surface area contributed by atoms with Crippen molar-refractivity contribution in [1.29, 1.82) is 0 Å². The molecule has 1 aromatic carbocycles. The second-order valence-corrected chi connectivity index (χ2v) is 5.54. The Kier molecular flexibility index (Phi) is 5.26. The van der Waals surface area contributed by atoms with Gasteiger partial charge >= 0.3 is 0 Å². The van der Waals surface area contributed by atoms with Gasteiger partial charge in [-0.1, -0.05) is 30.7 Å². The molecule has 0 saturated heterocycles. The van der Waals surface area contributed by atoms with Crippen molar-refractivity contribution in [2.45, 2.75) is 26.3 Å². The predicted octanol–water partition coefficient (Wildman–Crippen LogP) is 3.48. The van der Waals surface area contributed by atoms with Gasteiger partial charge in [0.15, 0.2) is 5.75 Å². The normalized spacial score (nSPS) is 12.4. The molecular formula is C16H22ClN3O. The summed E-state index contributed by atoms with van der Waals surface area (Å²) in [7, 11) is 3.58. The number of rotatable bonds is 6. The Labute approximate surface area is 131 Å². The first-order valence-electron chi connectivity index (χ1n) is 7.13. The van der Waals surface area contributed by atoms with Gasteiger partial charge in [-0.15, -0.1) is 0 Å². The van der Waals surface area contributed by atoms with E-state index in [0.29, 0.717) is 0 Å². The minimum absolute atomic E-state index is 0.0412. The number of nitrogens with zero attached hydrogens (tertiary/aromatic N) is 2. The fourth-order valence-corrected chi connectivity index (χ4v) is 2.77. The molecule has 0 aliphatic carbocycles. The monoisotopic (exact) mass is 307 g/mol. The summed E-state index contributed by atoms with van der Waals surface area (Å²) in [5.74, 6) is 0.766. The SMILES string of the molecule is CCCNC(c1ccc(C)cc1Cl)c1c(OC)cnn1C. The smallest absolute Gasteiger partial charge is 0.161 e. The number of nitrogens with one attached hydrogen (secondary N) is 1. The minimum atomic E-state index is -0.0412. The first-order valence-corrected chi connectivity index (χ1v) is 7.51. The summed E-state index contributed by atoms with van der Waals surface area (Å²) in [4.78, 5) is 0. The Hall–Kier alpha value is -1.52. The highest BCUT2D eigenvalue weighted by Crippen LogP contribution is 2.33. The Balaban J connectivity index is 2.49. The van der Waals surface area contributed by atoms with E-state index in [4.69, 9.17) is 16.3 Å². The number of hydrogen-bond donors (Lipinski definition) is 1. The van der Waals surface area contributed by atoms with Gasteiger partial charge in [-0.3, -0.25) is 4.68 Å². The first kappa shape index (κ1) is 15.9. The van der Waals surface area contributed by atoms with Crippen molar-refractivity contribution < 1.29 is 4.74 Å². The standard InChI is InChI=1S/C16H22ClN3O/c1-5-8-18-15(12-7-6-11(2)9-13(12)17)16-14(21-4)10-19-20(16)3/h6-7,9-10,15,18H,5,8H2,1-4H3. The lowest BCUT2D eigenvalue weighted by Crippen LogP contribution is -2.26. The number of aryl methyl sites for hydroxylation is 2. The van der Waals surface area contributed by atoms with E-state index in [0.717, 1.165) is 40.6 Å². The molecule has 1 unspecified atom stereocenters. The summed E-state index contributed by atoms with van der Waals surface area (Å²) < 4.78 is 7.28. The quantitative estimate of drug-likeness (QED) is 0.888. The molecule has 0 radical (unpaired) electrons. The lowest BCUT2D eigenvalue weighted by molar-refractivity contribution is 0.400. The lowest BCUT2D eigenvalue weighted by atomic mass is 10.0. The van der Waals surface area contributed by atoms with Crippen LogP contribution in [0.4, 0.5) is 0 Å². The van der Waals surface area contributed by atoms with Crippen LogP contribution in [-0.4, -0.2) is 23.4 Å². The average Bonchev–Trinajstić information content (AvgIpc) is 2.82. The van der Waals surface area contributed by atoms with Crippen molar-refractivity contribution in [1.82, 2.24) is 15.1 Å². The summed E-state index contributed by atoms with van der Waals surface area (Å²) in [6, 6.07) is 6.09. The third-order valence-corrected chi connectivity index (χ3v) is 3.84. The van der Waals surface area contributed by atoms with Crippen molar-refractivity contribution in [3.63, 3.8) is 0 Å². The fourth-order valence-electron chi connectivity index (χ4n) is 2.42. The molecule has 0 spiro atoms. The third-order valence-electron chi connectivity index (χ3n) is 3.51. The lowest BCUT2D eigenvalue weighted by Gasteiger charge is -2.22. The van der Waals surface area contributed by atoms with E-state index in [1.807, 2.05) is 24.7 Å². The van der Waals surface area contributed by atoms with Crippen LogP contribution in [0.3, 0.4) is 0 Å². The van der Waals surface area contributed by atoms with E-state index < -0.39 is 0 Å². The Morgan fingerprint density at radius 3 is 2.81 bits per heavy atom. The molecule has 0 amide bonds. The molecule has 4 nitrogen and oxygen atoms in total. The maximum absolute atomic E-state index is 6.46. The van der Waals surface area contributed by atoms with Crippen molar-refractivity contribution in [2.24, 2.45) is 7.05 Å². The Morgan fingerprint density at radius 1 is 1.43 bits per heavy atom. The van der Waals surface area contributed by atoms with E-state index in [-0.39, 0.29) is 6.04 Å². The van der Waals surface area contributed by atoms with Crippen LogP contribution in [-0.2, 0) is 7.05 Å². The van der Waals surface area contributed by atoms with Crippen LogP contribution in [0.1, 0.15) is 36.2 Å². The van der Waals surface area contributed by atoms with Crippen LogP contribution in [0.2, 0.25) is 5.02 Å². The molecule has 1 atom stereocenters. The molecule has 21 heavy (non-hydrogen) atoms. The van der Waals surface area contributed by atoms with Crippen molar-refractivity contribution in [3.05, 3.63) is 46.2 Å². The highest BCUT2D eigenvalue weighted by atomic mass is 35.5. The first-order chi connectivity index (χ1) is 10.1. The van der Waals surface area contributed by atoms with Crippen LogP contribution >= 0.6 is 11.6 Å². The van der Waals surface area contributed by atoms with Crippen LogP contribution in [0, 0.1) is 6.92 Å². The van der Waals surface area contributed by atoms with Gasteiger partial charge < -0.3 is 10.1 Å². The molecule has 1 aromatic heterocycles. The zero-order chi connectivity index (χ0) is 15.4. The second-order valence-electron chi connectivity index (χ2n) is 5.13. The van der Waals surface area contributed by atoms with Crippen LogP contribution < -0.4 is 10.1 Å². The number of methoxy groups -OCH3 is 1. The highest BCUT2D eigenvalue weighted by Gasteiger charge is 2.23. The van der Waals surface area contributed by atoms with E-state index >= 15 is 0 Å². The zero-order valence-electron chi connectivity index (χ0n) is 13.0. The number of hydrogen-bond acceptors (Lipinski definition) is 3. The average molecular weight is 308 g/mol. The number of ether oxygens (including phenoxy) is 1. The van der Waals surface area contributed by atoms with Gasteiger partial charge in [-0.05, 0) is 37.1 Å². The molecule has 0 aliphatic rings. The minimum Gasteiger partial charge on any atom is -0.493 e. The van der Waals surface area contributed by atoms with Crippen molar-refractivity contribution in [3.8, 4) is 5.75 Å². The van der Waals surface area contributed by atoms with E-state index in [1.54, 1.807) is 13.3 Å². The van der Waals surface area contributed by atoms with Crippen molar-refractivity contribution in [2.75, 3.05) is 13.7 Å². The van der Waals surface area contributed by atoms with Crippen molar-refractivity contribution >= 4 is 11.6 Å². The van der Waals surface area contributed by atoms with Crippen LogP contribution in [0.5, 0.6) is 5.75 Å². The van der Waals surface area contributed by atoms with E-state index in [9.17, 15) is 0 Å².